The van der Waals surface area contributed by atoms with Crippen molar-refractivity contribution in [2.24, 2.45) is 5.73 Å². The molecular weight excluding hydrogens is 284 g/mol. The zero-order valence-electron chi connectivity index (χ0n) is 7.64. The summed E-state index contributed by atoms with van der Waals surface area (Å²) in [5.74, 6) is -0.910. The third kappa shape index (κ3) is 3.64. The number of halogens is 3. The number of primary amides is 1. The Kier molecular flexibility index (Phi) is 4.29. The molecule has 0 spiro atoms. The summed E-state index contributed by atoms with van der Waals surface area (Å²) < 4.78 is 13.9. The zero-order valence-corrected chi connectivity index (χ0v) is 9.98. The first-order valence-electron chi connectivity index (χ1n) is 4.10. The van der Waals surface area contributed by atoms with Crippen molar-refractivity contribution >= 4 is 39.5 Å². The van der Waals surface area contributed by atoms with E-state index in [0.717, 1.165) is 0 Å². The van der Waals surface area contributed by atoms with Gasteiger partial charge in [-0.05, 0) is 12.1 Å². The van der Waals surface area contributed by atoms with Gasteiger partial charge in [0.2, 0.25) is 5.91 Å². The van der Waals surface area contributed by atoms with E-state index in [0.29, 0.717) is 15.1 Å². The van der Waals surface area contributed by atoms with Gasteiger partial charge in [-0.1, -0.05) is 39.7 Å². The van der Waals surface area contributed by atoms with Crippen molar-refractivity contribution in [1.29, 1.82) is 0 Å². The van der Waals surface area contributed by atoms with Crippen LogP contribution in [0.5, 0.6) is 0 Å². The van der Waals surface area contributed by atoms with Gasteiger partial charge in [0, 0.05) is 21.5 Å². The molecule has 1 rings (SSSR count). The van der Waals surface area contributed by atoms with Gasteiger partial charge >= 0.3 is 0 Å². The van der Waals surface area contributed by atoms with Gasteiger partial charge in [-0.25, -0.2) is 4.39 Å². The second-order valence-corrected chi connectivity index (χ2v) is 4.15. The minimum atomic E-state index is -0.461. The molecule has 0 unspecified atom stereocenters. The Hall–Kier alpha value is -0.870. The van der Waals surface area contributed by atoms with Crippen molar-refractivity contribution < 1.29 is 9.18 Å². The second kappa shape index (κ2) is 5.28. The van der Waals surface area contributed by atoms with Crippen LogP contribution in [-0.4, -0.2) is 5.91 Å². The highest BCUT2D eigenvalue weighted by Gasteiger charge is 2.05. The third-order valence-corrected chi connectivity index (χ3v) is 2.52. The van der Waals surface area contributed by atoms with Crippen LogP contribution in [-0.2, 0) is 4.79 Å². The predicted octanol–water partition coefficient (Wildman–Crippen LogP) is 3.13. The Bertz CT molecular complexity index is 397. The molecule has 5 heteroatoms. The zero-order chi connectivity index (χ0) is 11.4. The van der Waals surface area contributed by atoms with Crippen molar-refractivity contribution in [3.63, 3.8) is 0 Å². The van der Waals surface area contributed by atoms with E-state index in [-0.39, 0.29) is 6.42 Å². The second-order valence-electron chi connectivity index (χ2n) is 2.86. The molecule has 2 nitrogen and oxygen atoms in total. The molecule has 1 aromatic rings. The Morgan fingerprint density at radius 2 is 2.27 bits per heavy atom. The molecule has 0 aliphatic rings. The molecule has 0 aliphatic heterocycles. The van der Waals surface area contributed by atoms with E-state index in [1.54, 1.807) is 6.07 Å². The smallest absolute Gasteiger partial charge is 0.221 e. The van der Waals surface area contributed by atoms with E-state index in [9.17, 15) is 9.18 Å². The number of carbonyl (C=O) groups excluding carboxylic acids is 1. The van der Waals surface area contributed by atoms with Crippen LogP contribution in [0.3, 0.4) is 0 Å². The number of rotatable bonds is 3. The van der Waals surface area contributed by atoms with Crippen LogP contribution in [0.4, 0.5) is 4.39 Å². The third-order valence-electron chi connectivity index (χ3n) is 1.65. The van der Waals surface area contributed by atoms with Crippen LogP contribution in [0.2, 0.25) is 5.02 Å². The molecule has 0 saturated carbocycles. The number of hydrogen-bond acceptors (Lipinski definition) is 1. The van der Waals surface area contributed by atoms with Gasteiger partial charge in [0.1, 0.15) is 5.82 Å². The van der Waals surface area contributed by atoms with Gasteiger partial charge in [0.15, 0.2) is 0 Å². The summed E-state index contributed by atoms with van der Waals surface area (Å²) in [7, 11) is 0. The lowest BCUT2D eigenvalue weighted by atomic mass is 10.2. The van der Waals surface area contributed by atoms with Crippen molar-refractivity contribution in [3.05, 3.63) is 39.1 Å². The summed E-state index contributed by atoms with van der Waals surface area (Å²) in [6.45, 7) is 0. The van der Waals surface area contributed by atoms with Crippen molar-refractivity contribution in [1.82, 2.24) is 0 Å². The van der Waals surface area contributed by atoms with Gasteiger partial charge in [-0.2, -0.15) is 0 Å². The molecule has 0 bridgehead atoms. The molecule has 2 N–H and O–H groups in total. The van der Waals surface area contributed by atoms with Crippen molar-refractivity contribution in [3.8, 4) is 0 Å². The van der Waals surface area contributed by atoms with E-state index in [4.69, 9.17) is 17.3 Å². The summed E-state index contributed by atoms with van der Waals surface area (Å²) in [6.07, 6.45) is 3.06. The number of carbonyl (C=O) groups is 1. The van der Waals surface area contributed by atoms with Gasteiger partial charge in [-0.15, -0.1) is 0 Å². The fourth-order valence-electron chi connectivity index (χ4n) is 1.01. The van der Waals surface area contributed by atoms with Crippen LogP contribution in [0.25, 0.3) is 6.08 Å². The fraction of sp³-hybridized carbons (Fsp3) is 0.100. The maximum atomic E-state index is 13.4. The molecule has 0 atom stereocenters. The lowest BCUT2D eigenvalue weighted by Crippen LogP contribution is -2.07. The van der Waals surface area contributed by atoms with Crippen LogP contribution in [0, 0.1) is 5.82 Å². The molecule has 80 valence electrons. The molecule has 1 aromatic carbocycles. The molecule has 15 heavy (non-hydrogen) atoms. The van der Waals surface area contributed by atoms with E-state index in [2.05, 4.69) is 15.9 Å². The average Bonchev–Trinajstić information content (AvgIpc) is 2.08. The highest BCUT2D eigenvalue weighted by atomic mass is 79.9. The molecule has 0 aromatic heterocycles. The number of nitrogens with two attached hydrogens (primary N) is 1. The first kappa shape index (κ1) is 12.2. The Morgan fingerprint density at radius 3 is 2.80 bits per heavy atom. The molecule has 0 aliphatic carbocycles. The Labute approximate surface area is 100 Å². The Balaban J connectivity index is 2.94. The first-order valence-corrected chi connectivity index (χ1v) is 5.27. The van der Waals surface area contributed by atoms with Crippen molar-refractivity contribution in [2.45, 2.75) is 6.42 Å². The topological polar surface area (TPSA) is 43.1 Å². The molecule has 0 fully saturated rings. The lowest BCUT2D eigenvalue weighted by molar-refractivity contribution is -0.117. The Morgan fingerprint density at radius 1 is 1.60 bits per heavy atom. The molecule has 1 amide bonds. The van der Waals surface area contributed by atoms with Crippen molar-refractivity contribution in [2.75, 3.05) is 0 Å². The maximum absolute atomic E-state index is 13.4. The first-order chi connectivity index (χ1) is 7.00. The van der Waals surface area contributed by atoms with Gasteiger partial charge in [0.25, 0.3) is 0 Å². The minimum absolute atomic E-state index is 0.0779. The van der Waals surface area contributed by atoms with E-state index >= 15 is 0 Å². The maximum Gasteiger partial charge on any atom is 0.221 e. The number of hydrogen-bond donors (Lipinski definition) is 1. The van der Waals surface area contributed by atoms with E-state index < -0.39 is 11.7 Å². The quantitative estimate of drug-likeness (QED) is 0.914. The highest BCUT2D eigenvalue weighted by Crippen LogP contribution is 2.25. The predicted molar refractivity (Wildman–Crippen MR) is 62.0 cm³/mol. The molecule has 0 heterocycles. The van der Waals surface area contributed by atoms with Crippen LogP contribution >= 0.6 is 27.5 Å². The van der Waals surface area contributed by atoms with E-state index in [1.807, 2.05) is 0 Å². The monoisotopic (exact) mass is 291 g/mol. The minimum Gasteiger partial charge on any atom is -0.369 e. The average molecular weight is 293 g/mol. The van der Waals surface area contributed by atoms with Crippen LogP contribution in [0.15, 0.2) is 22.7 Å². The standard InChI is InChI=1S/C10H8BrClFNO/c11-8-4-6(12)5-9(13)7(8)2-1-3-10(14)15/h1-2,4-5H,3H2,(H2,14,15). The van der Waals surface area contributed by atoms with E-state index in [1.165, 1.54) is 18.2 Å². The summed E-state index contributed by atoms with van der Waals surface area (Å²) >= 11 is 8.81. The fourth-order valence-corrected chi connectivity index (χ4v) is 1.91. The number of amides is 1. The number of benzene rings is 1. The summed E-state index contributed by atoms with van der Waals surface area (Å²) in [5, 5.41) is 0.312. The van der Waals surface area contributed by atoms with Crippen LogP contribution in [0.1, 0.15) is 12.0 Å². The molecule has 0 radical (unpaired) electrons. The SMILES string of the molecule is NC(=O)CC=Cc1c(F)cc(Cl)cc1Br. The molecule has 0 saturated heterocycles. The summed E-state index contributed by atoms with van der Waals surface area (Å²) in [6, 6.07) is 2.78. The summed E-state index contributed by atoms with van der Waals surface area (Å²) in [4.78, 5) is 10.5. The van der Waals surface area contributed by atoms with Gasteiger partial charge in [-0.3, -0.25) is 4.79 Å². The lowest BCUT2D eigenvalue weighted by Gasteiger charge is -2.01. The summed E-state index contributed by atoms with van der Waals surface area (Å²) in [5.41, 5.74) is 5.29. The van der Waals surface area contributed by atoms with Gasteiger partial charge in [0.05, 0.1) is 0 Å². The van der Waals surface area contributed by atoms with Gasteiger partial charge < -0.3 is 5.73 Å². The van der Waals surface area contributed by atoms with Crippen LogP contribution < -0.4 is 5.73 Å². The largest absolute Gasteiger partial charge is 0.369 e. The molecular formula is C10H8BrClFNO. The normalized spacial score (nSPS) is 10.9. The highest BCUT2D eigenvalue weighted by molar-refractivity contribution is 9.10.